The predicted octanol–water partition coefficient (Wildman–Crippen LogP) is 4.78. The van der Waals surface area contributed by atoms with Crippen LogP contribution >= 0.6 is 7.26 Å². The smallest absolute Gasteiger partial charge is 0.319 e. The van der Waals surface area contributed by atoms with E-state index in [-0.39, 0.29) is 24.1 Å². The number of carbonyl (C=O) groups excluding carboxylic acids is 2. The lowest BCUT2D eigenvalue weighted by Gasteiger charge is -2.40. The number of carbonyl (C=O) groups is 2. The van der Waals surface area contributed by atoms with Crippen LogP contribution in [0.25, 0.3) is 0 Å². The monoisotopic (exact) mass is 591 g/mol. The van der Waals surface area contributed by atoms with E-state index >= 15 is 0 Å². The largest absolute Gasteiger partial charge is 0.611 e. The molecule has 2 atom stereocenters. The highest BCUT2D eigenvalue weighted by atomic mass is 31.2. The highest BCUT2D eigenvalue weighted by Crippen LogP contribution is 2.67. The summed E-state index contributed by atoms with van der Waals surface area (Å²) in [5, 5.41) is 27.9. The molecule has 0 aliphatic rings. The molecule has 4 aromatic carbocycles. The molecule has 0 spiro atoms. The molecule has 0 N–H and O–H groups in total. The van der Waals surface area contributed by atoms with E-state index in [9.17, 15) is 20.0 Å². The first-order valence-electron chi connectivity index (χ1n) is 14.1. The van der Waals surface area contributed by atoms with E-state index in [1.54, 1.807) is 44.2 Å². The maximum Gasteiger partial charge on any atom is 0.319 e. The van der Waals surface area contributed by atoms with Crippen LogP contribution in [-0.2, 0) is 24.5 Å². The van der Waals surface area contributed by atoms with Crippen LogP contribution < -0.4 is 21.0 Å². The van der Waals surface area contributed by atoms with Gasteiger partial charge in [-0.05, 0) is 62.4 Å². The number of ether oxygens (including phenoxy) is 2. The molecule has 2 unspecified atom stereocenters. The lowest BCUT2D eigenvalue weighted by atomic mass is 9.68. The molecule has 7 heteroatoms. The lowest BCUT2D eigenvalue weighted by Crippen LogP contribution is -2.50. The number of rotatable bonds is 12. The second kappa shape index (κ2) is 14.0. The number of esters is 1. The highest BCUT2D eigenvalue weighted by Gasteiger charge is 2.62. The van der Waals surface area contributed by atoms with Crippen LogP contribution in [0.3, 0.4) is 0 Å². The predicted molar refractivity (Wildman–Crippen MR) is 168 cm³/mol. The minimum Gasteiger partial charge on any atom is -0.611 e. The SMILES string of the molecule is CCOC(=O)C(/C(=C(\[O-])OCC)[P+](c1ccccc1)(c1ccccc1)c1ccccc1)C(C#N)(C(C)=O)c1ccccc1. The first-order chi connectivity index (χ1) is 20.9. The van der Waals surface area contributed by atoms with Crippen LogP contribution in [0.15, 0.2) is 133 Å². The molecule has 0 saturated heterocycles. The van der Waals surface area contributed by atoms with Gasteiger partial charge in [0.1, 0.15) is 34.4 Å². The molecule has 43 heavy (non-hydrogen) atoms. The van der Waals surface area contributed by atoms with Crippen LogP contribution in [-0.4, -0.2) is 25.0 Å². The average molecular weight is 592 g/mol. The molecule has 6 nitrogen and oxygen atoms in total. The number of ketones is 1. The topological polar surface area (TPSA) is 99.4 Å². The zero-order valence-corrected chi connectivity index (χ0v) is 25.4. The molecule has 0 fully saturated rings. The summed E-state index contributed by atoms with van der Waals surface area (Å²) in [6, 6.07) is 39.0. The van der Waals surface area contributed by atoms with Gasteiger partial charge in [-0.3, -0.25) is 9.59 Å². The Morgan fingerprint density at radius 2 is 1.14 bits per heavy atom. The van der Waals surface area contributed by atoms with E-state index in [1.165, 1.54) is 6.92 Å². The Bertz CT molecular complexity index is 1500. The zero-order valence-electron chi connectivity index (χ0n) is 24.5. The van der Waals surface area contributed by atoms with Crippen molar-refractivity contribution in [1.29, 1.82) is 5.26 Å². The van der Waals surface area contributed by atoms with Crippen LogP contribution in [0.1, 0.15) is 26.3 Å². The Kier molecular flexibility index (Phi) is 10.1. The summed E-state index contributed by atoms with van der Waals surface area (Å²) >= 11 is 0. The van der Waals surface area contributed by atoms with E-state index < -0.39 is 36.3 Å². The molecule has 0 bridgehead atoms. The van der Waals surface area contributed by atoms with E-state index in [2.05, 4.69) is 6.07 Å². The van der Waals surface area contributed by atoms with Crippen LogP contribution in [0, 0.1) is 17.2 Å². The molecule has 0 aliphatic heterocycles. The third kappa shape index (κ3) is 5.69. The Labute approximate surface area is 253 Å². The number of hydrogen-bond donors (Lipinski definition) is 0. The van der Waals surface area contributed by atoms with Crippen LogP contribution in [0.4, 0.5) is 0 Å². The lowest BCUT2D eigenvalue weighted by molar-refractivity contribution is -0.358. The van der Waals surface area contributed by atoms with E-state index in [0.717, 1.165) is 15.9 Å². The van der Waals surface area contributed by atoms with Crippen molar-refractivity contribution < 1.29 is 24.2 Å². The highest BCUT2D eigenvalue weighted by molar-refractivity contribution is 7.99. The van der Waals surface area contributed by atoms with Crippen molar-refractivity contribution in [3.8, 4) is 6.07 Å². The summed E-state index contributed by atoms with van der Waals surface area (Å²) in [6.45, 7) is 4.60. The number of benzene rings is 4. The second-order valence-electron chi connectivity index (χ2n) is 9.81. The average Bonchev–Trinajstić information content (AvgIpc) is 3.04. The Morgan fingerprint density at radius 1 is 0.744 bits per heavy atom. The molecule has 0 aliphatic carbocycles. The van der Waals surface area contributed by atoms with Gasteiger partial charge in [-0.25, -0.2) is 0 Å². The molecule has 0 heterocycles. The maximum absolute atomic E-state index is 14.6. The van der Waals surface area contributed by atoms with Crippen molar-refractivity contribution in [3.63, 3.8) is 0 Å². The van der Waals surface area contributed by atoms with Crippen LogP contribution in [0.2, 0.25) is 0 Å². The van der Waals surface area contributed by atoms with Gasteiger partial charge < -0.3 is 14.6 Å². The fraction of sp³-hybridized carbons (Fsp3) is 0.194. The Morgan fingerprint density at radius 3 is 1.49 bits per heavy atom. The van der Waals surface area contributed by atoms with Gasteiger partial charge >= 0.3 is 5.97 Å². The minimum atomic E-state index is -3.31. The molecule has 0 amide bonds. The summed E-state index contributed by atoms with van der Waals surface area (Å²) in [6.07, 6.45) is 0. The van der Waals surface area contributed by atoms with Crippen molar-refractivity contribution in [2.24, 2.45) is 5.92 Å². The standard InChI is InChI=1S/C36H34NO5P/c1-4-41-34(39)32(36(26-37,27(3)38)28-18-10-6-11-19-28)33(35(40)42-5-2)43(29-20-12-7-13-21-29,30-22-14-8-15-23-30)31-24-16-9-17-25-31/h6-25,32H,4-5H2,1-3H3/b35-33-. The first-order valence-corrected chi connectivity index (χ1v) is 15.9. The molecular weight excluding hydrogens is 557 g/mol. The van der Waals surface area contributed by atoms with Gasteiger partial charge in [-0.1, -0.05) is 91.9 Å². The molecule has 0 radical (unpaired) electrons. The fourth-order valence-corrected chi connectivity index (χ4v) is 10.3. The molecular formula is C36H34NO5P. The first kappa shape index (κ1) is 31.2. The van der Waals surface area contributed by atoms with Crippen molar-refractivity contribution in [3.05, 3.63) is 138 Å². The quantitative estimate of drug-likeness (QED) is 0.134. The molecule has 4 rings (SSSR count). The van der Waals surface area contributed by atoms with Gasteiger partial charge in [0.05, 0.1) is 18.6 Å². The summed E-state index contributed by atoms with van der Waals surface area (Å²) in [5.74, 6) is -3.83. The third-order valence-corrected chi connectivity index (χ3v) is 11.8. The van der Waals surface area contributed by atoms with E-state index in [1.807, 2.05) is 91.0 Å². The molecule has 4 aromatic rings. The van der Waals surface area contributed by atoms with Gasteiger partial charge in [0.25, 0.3) is 0 Å². The molecule has 0 saturated carbocycles. The zero-order chi connectivity index (χ0) is 30.9. The second-order valence-corrected chi connectivity index (χ2v) is 13.2. The summed E-state index contributed by atoms with van der Waals surface area (Å²) in [4.78, 5) is 28.3. The number of hydrogen-bond acceptors (Lipinski definition) is 6. The maximum atomic E-state index is 14.6. The normalized spacial score (nSPS) is 13.9. The van der Waals surface area contributed by atoms with Gasteiger partial charge in [0.15, 0.2) is 11.2 Å². The van der Waals surface area contributed by atoms with Crippen molar-refractivity contribution in [2.75, 3.05) is 13.2 Å². The number of nitriles is 1. The van der Waals surface area contributed by atoms with Crippen molar-refractivity contribution >= 4 is 34.9 Å². The van der Waals surface area contributed by atoms with Gasteiger partial charge in [0, 0.05) is 0 Å². The van der Waals surface area contributed by atoms with Crippen LogP contribution in [0.5, 0.6) is 0 Å². The number of Topliss-reactive ketones (excluding diaryl/α,β-unsaturated/α-hetero) is 1. The van der Waals surface area contributed by atoms with E-state index in [0.29, 0.717) is 0 Å². The number of nitrogens with zero attached hydrogens (tertiary/aromatic N) is 1. The fourth-order valence-electron chi connectivity index (χ4n) is 5.67. The molecule has 218 valence electrons. The van der Waals surface area contributed by atoms with Gasteiger partial charge in [-0.15, -0.1) is 0 Å². The van der Waals surface area contributed by atoms with Gasteiger partial charge in [0.2, 0.25) is 0 Å². The molecule has 0 aromatic heterocycles. The minimum absolute atomic E-state index is 0.0151. The Balaban J connectivity index is 2.32. The summed E-state index contributed by atoms with van der Waals surface area (Å²) in [7, 11) is -3.31. The summed E-state index contributed by atoms with van der Waals surface area (Å²) in [5.41, 5.74) is -1.81. The Hall–Kier alpha value is -4.72. The summed E-state index contributed by atoms with van der Waals surface area (Å²) < 4.78 is 11.4. The van der Waals surface area contributed by atoms with Crippen molar-refractivity contribution in [1.82, 2.24) is 0 Å². The van der Waals surface area contributed by atoms with E-state index in [4.69, 9.17) is 9.47 Å². The van der Waals surface area contributed by atoms with Crippen molar-refractivity contribution in [2.45, 2.75) is 26.2 Å². The third-order valence-electron chi connectivity index (χ3n) is 7.47. The van der Waals surface area contributed by atoms with Gasteiger partial charge in [-0.2, -0.15) is 5.26 Å².